The van der Waals surface area contributed by atoms with E-state index in [1.165, 1.54) is 51.4 Å². The summed E-state index contributed by atoms with van der Waals surface area (Å²) in [4.78, 5) is 40.1. The van der Waals surface area contributed by atoms with Gasteiger partial charge in [-0.05, 0) is 42.8 Å². The van der Waals surface area contributed by atoms with Gasteiger partial charge in [0.15, 0.2) is 24.6 Å². The molecule has 0 unspecified atom stereocenters. The van der Waals surface area contributed by atoms with Gasteiger partial charge < -0.3 is 28.8 Å². The third kappa shape index (κ3) is 12.4. The molecule has 1 saturated heterocycles. The van der Waals surface area contributed by atoms with Gasteiger partial charge in [-0.15, -0.1) is 0 Å². The Morgan fingerprint density at radius 1 is 0.560 bits per heavy atom. The standard InChI is InChI=1S/C41H51O9/c1-2-3-4-5-6-7-8-9-10-11-12-22-29-46-41-37(50-40(45)33-27-20-15-21-28-33)36(49-39(44)32-25-18-14-19-26-32)35(34(30-42)47-41)48-38(43)31-23-16-13-17-24-31/h13-21,23-28,30,34-37,41-42H,2-12,22,29H2,1H3/t34-,35-,36+,37-,41+/m1/s1. The van der Waals surface area contributed by atoms with E-state index in [0.717, 1.165) is 32.3 Å². The number of aliphatic hydroxyl groups is 1. The van der Waals surface area contributed by atoms with Crippen LogP contribution in [0.5, 0.6) is 0 Å². The third-order valence-corrected chi connectivity index (χ3v) is 8.72. The molecule has 0 aromatic heterocycles. The Morgan fingerprint density at radius 2 is 0.940 bits per heavy atom. The van der Waals surface area contributed by atoms with Gasteiger partial charge in [0, 0.05) is 6.61 Å². The van der Waals surface area contributed by atoms with E-state index in [1.54, 1.807) is 91.0 Å². The van der Waals surface area contributed by atoms with E-state index >= 15 is 0 Å². The summed E-state index contributed by atoms with van der Waals surface area (Å²) >= 11 is 0. The Morgan fingerprint density at radius 3 is 1.36 bits per heavy atom. The van der Waals surface area contributed by atoms with Crippen molar-refractivity contribution in [2.45, 2.75) is 115 Å². The van der Waals surface area contributed by atoms with Crippen molar-refractivity contribution < 1.29 is 43.2 Å². The zero-order valence-electron chi connectivity index (χ0n) is 29.0. The summed E-state index contributed by atoms with van der Waals surface area (Å²) in [5.74, 6) is -2.19. The second kappa shape index (κ2) is 21.9. The molecule has 4 rings (SSSR count). The lowest BCUT2D eigenvalue weighted by Gasteiger charge is -2.44. The first kappa shape index (κ1) is 38.7. The fourth-order valence-electron chi connectivity index (χ4n) is 5.92. The molecular formula is C41H51O9. The first-order valence-corrected chi connectivity index (χ1v) is 18.0. The van der Waals surface area contributed by atoms with Crippen molar-refractivity contribution in [2.24, 2.45) is 0 Å². The highest BCUT2D eigenvalue weighted by Crippen LogP contribution is 2.32. The summed E-state index contributed by atoms with van der Waals surface area (Å²) in [6.07, 6.45) is 7.55. The van der Waals surface area contributed by atoms with Crippen LogP contribution in [0.4, 0.5) is 0 Å². The van der Waals surface area contributed by atoms with Crippen LogP contribution in [-0.4, -0.2) is 60.3 Å². The highest BCUT2D eigenvalue weighted by Gasteiger charge is 2.53. The Bertz CT molecular complexity index is 1400. The van der Waals surface area contributed by atoms with E-state index < -0.39 is 48.6 Å². The van der Waals surface area contributed by atoms with E-state index in [-0.39, 0.29) is 23.3 Å². The van der Waals surface area contributed by atoms with E-state index in [9.17, 15) is 19.5 Å². The van der Waals surface area contributed by atoms with E-state index in [4.69, 9.17) is 23.7 Å². The number of carbonyl (C=O) groups is 3. The summed E-state index contributed by atoms with van der Waals surface area (Å²) in [5, 5.41) is 10.3. The van der Waals surface area contributed by atoms with Crippen LogP contribution < -0.4 is 0 Å². The van der Waals surface area contributed by atoms with Crippen molar-refractivity contribution in [1.29, 1.82) is 0 Å². The van der Waals surface area contributed by atoms with E-state index in [1.807, 2.05) is 0 Å². The first-order chi connectivity index (χ1) is 24.5. The molecule has 1 aliphatic heterocycles. The maximum Gasteiger partial charge on any atom is 0.338 e. The van der Waals surface area contributed by atoms with Gasteiger partial charge in [0.1, 0.15) is 12.7 Å². The first-order valence-electron chi connectivity index (χ1n) is 18.0. The minimum atomic E-state index is -1.41. The van der Waals surface area contributed by atoms with Gasteiger partial charge in [0.05, 0.1) is 16.7 Å². The topological polar surface area (TPSA) is 118 Å². The van der Waals surface area contributed by atoms with Crippen LogP contribution in [0.3, 0.4) is 0 Å². The molecule has 50 heavy (non-hydrogen) atoms. The minimum Gasteiger partial charge on any atom is -0.452 e. The van der Waals surface area contributed by atoms with Crippen LogP contribution in [0.1, 0.15) is 115 Å². The summed E-state index contributed by atoms with van der Waals surface area (Å²) in [6.45, 7) is 3.23. The smallest absolute Gasteiger partial charge is 0.338 e. The van der Waals surface area contributed by atoms with Gasteiger partial charge in [-0.25, -0.2) is 14.4 Å². The number of ether oxygens (including phenoxy) is 5. The molecule has 1 radical (unpaired) electrons. The Labute approximate surface area is 296 Å². The molecule has 0 bridgehead atoms. The third-order valence-electron chi connectivity index (χ3n) is 8.72. The van der Waals surface area contributed by atoms with E-state index in [0.29, 0.717) is 0 Å². The van der Waals surface area contributed by atoms with Crippen LogP contribution >= 0.6 is 0 Å². The number of carbonyl (C=O) groups excluding carboxylic acids is 3. The van der Waals surface area contributed by atoms with Crippen molar-refractivity contribution in [3.63, 3.8) is 0 Å². The van der Waals surface area contributed by atoms with Gasteiger partial charge >= 0.3 is 17.9 Å². The molecule has 1 fully saturated rings. The number of aliphatic hydroxyl groups excluding tert-OH is 1. The number of hydrogen-bond acceptors (Lipinski definition) is 9. The molecule has 5 atom stereocenters. The molecule has 0 spiro atoms. The van der Waals surface area contributed by atoms with Crippen LogP contribution in [0.2, 0.25) is 0 Å². The monoisotopic (exact) mass is 687 g/mol. The van der Waals surface area contributed by atoms with Gasteiger partial charge in [0.25, 0.3) is 0 Å². The van der Waals surface area contributed by atoms with Gasteiger partial charge in [0.2, 0.25) is 0 Å². The van der Waals surface area contributed by atoms with Crippen LogP contribution in [-0.2, 0) is 23.7 Å². The molecule has 0 saturated carbocycles. The number of esters is 3. The van der Waals surface area contributed by atoms with Crippen molar-refractivity contribution >= 4 is 17.9 Å². The minimum absolute atomic E-state index is 0.235. The Hall–Kier alpha value is -4.05. The average molecular weight is 688 g/mol. The second-order valence-corrected chi connectivity index (χ2v) is 12.6. The lowest BCUT2D eigenvalue weighted by Crippen LogP contribution is -2.62. The lowest BCUT2D eigenvalue weighted by atomic mass is 9.97. The molecule has 1 aliphatic rings. The summed E-state index contributed by atoms with van der Waals surface area (Å²) < 4.78 is 30.0. The average Bonchev–Trinajstić information content (AvgIpc) is 3.16. The quantitative estimate of drug-likeness (QED) is 0.0667. The highest BCUT2D eigenvalue weighted by atomic mass is 16.7. The molecule has 0 amide bonds. The van der Waals surface area contributed by atoms with Crippen molar-refractivity contribution in [3.05, 3.63) is 114 Å². The lowest BCUT2D eigenvalue weighted by molar-refractivity contribution is -0.292. The number of benzene rings is 3. The predicted molar refractivity (Wildman–Crippen MR) is 189 cm³/mol. The number of unbranched alkanes of at least 4 members (excludes halogenated alkanes) is 11. The predicted octanol–water partition coefficient (Wildman–Crippen LogP) is 8.64. The molecular weight excluding hydrogens is 636 g/mol. The molecule has 0 aliphatic carbocycles. The van der Waals surface area contributed by atoms with Gasteiger partial charge in [-0.3, -0.25) is 0 Å². The van der Waals surface area contributed by atoms with Crippen molar-refractivity contribution in [3.8, 4) is 0 Å². The largest absolute Gasteiger partial charge is 0.452 e. The zero-order chi connectivity index (χ0) is 35.4. The maximum absolute atomic E-state index is 13.4. The van der Waals surface area contributed by atoms with Crippen LogP contribution in [0.25, 0.3) is 0 Å². The zero-order valence-corrected chi connectivity index (χ0v) is 29.0. The summed E-state index contributed by atoms with van der Waals surface area (Å²) in [7, 11) is 0. The maximum atomic E-state index is 13.4. The van der Waals surface area contributed by atoms with Crippen LogP contribution in [0, 0.1) is 6.61 Å². The van der Waals surface area contributed by atoms with Gasteiger partial charge in [-0.1, -0.05) is 132 Å². The summed E-state index contributed by atoms with van der Waals surface area (Å²) in [5.41, 5.74) is 0.730. The van der Waals surface area contributed by atoms with Crippen LogP contribution in [0.15, 0.2) is 91.0 Å². The molecule has 1 heterocycles. The van der Waals surface area contributed by atoms with E-state index in [2.05, 4.69) is 6.92 Å². The molecule has 9 heteroatoms. The molecule has 269 valence electrons. The fraction of sp³-hybridized carbons (Fsp3) is 0.463. The molecule has 9 nitrogen and oxygen atoms in total. The number of hydrogen-bond donors (Lipinski definition) is 1. The molecule has 3 aromatic carbocycles. The Kier molecular flexibility index (Phi) is 17.0. The highest BCUT2D eigenvalue weighted by molar-refractivity contribution is 5.91. The second-order valence-electron chi connectivity index (χ2n) is 12.6. The molecule has 1 N–H and O–H groups in total. The number of rotatable bonds is 21. The van der Waals surface area contributed by atoms with Crippen molar-refractivity contribution in [2.75, 3.05) is 6.61 Å². The van der Waals surface area contributed by atoms with Gasteiger partial charge in [-0.2, -0.15) is 0 Å². The SMILES string of the molecule is CCCCCCCCCCCCCCO[C@H]1O[C@H]([CH]O)[C@@H](OC(=O)c2ccccc2)[C@H](OC(=O)c2ccccc2)[C@H]1OC(=O)c1ccccc1. The van der Waals surface area contributed by atoms with Crippen molar-refractivity contribution in [1.82, 2.24) is 0 Å². The normalized spacial score (nSPS) is 20.2. The fourth-order valence-corrected chi connectivity index (χ4v) is 5.92. The molecule has 3 aromatic rings. The Balaban J connectivity index is 1.47. The summed E-state index contributed by atoms with van der Waals surface area (Å²) in [6, 6.07) is 24.9.